The van der Waals surface area contributed by atoms with Crippen LogP contribution in [0.5, 0.6) is 0 Å². The maximum Gasteiger partial charge on any atom is 0.308 e. The molecule has 1 saturated carbocycles. The number of ether oxygens (including phenoxy) is 1. The number of esters is 1. The molecule has 0 radical (unpaired) electrons. The summed E-state index contributed by atoms with van der Waals surface area (Å²) in [6.45, 7) is 4.46. The van der Waals surface area contributed by atoms with Crippen LogP contribution in [0.1, 0.15) is 57.4 Å². The van der Waals surface area contributed by atoms with Gasteiger partial charge in [0, 0.05) is 11.6 Å². The molecule has 1 heterocycles. The Morgan fingerprint density at radius 2 is 2.19 bits per heavy atom. The fourth-order valence-corrected chi connectivity index (χ4v) is 3.75. The van der Waals surface area contributed by atoms with E-state index in [9.17, 15) is 9.90 Å². The van der Waals surface area contributed by atoms with E-state index >= 15 is 0 Å². The minimum Gasteiger partial charge on any atom is -0.465 e. The molecule has 1 N–H and O–H groups in total. The minimum atomic E-state index is -0.884. The van der Waals surface area contributed by atoms with E-state index in [1.807, 2.05) is 12.3 Å². The van der Waals surface area contributed by atoms with Crippen LogP contribution in [0.15, 0.2) is 11.6 Å². The molecule has 0 bridgehead atoms. The minimum absolute atomic E-state index is 0.00482. The second-order valence-electron chi connectivity index (χ2n) is 6.05. The molecule has 1 aromatic heterocycles. The summed E-state index contributed by atoms with van der Waals surface area (Å²) >= 11 is 1.49. The van der Waals surface area contributed by atoms with Crippen molar-refractivity contribution < 1.29 is 14.6 Å². The van der Waals surface area contributed by atoms with Crippen LogP contribution in [0.2, 0.25) is 0 Å². The fraction of sp³-hybridized carbons (Fsp3) is 0.750. The van der Waals surface area contributed by atoms with Crippen molar-refractivity contribution in [2.24, 2.45) is 11.8 Å². The van der Waals surface area contributed by atoms with Crippen LogP contribution in [0.3, 0.4) is 0 Å². The van der Waals surface area contributed by atoms with Crippen LogP contribution >= 0.6 is 11.3 Å². The standard InChI is InChI=1S/C16H25NO3S/c1-3-4-10-20-14(18)12-5-7-13(8-6-12)16(2,19)15-17-9-11-21-15/h9,11-13,19H,3-8,10H2,1-2H3/t12?,13?,16-/m0/s1. The molecule has 0 saturated heterocycles. The molecule has 4 nitrogen and oxygen atoms in total. The molecular weight excluding hydrogens is 286 g/mol. The highest BCUT2D eigenvalue weighted by molar-refractivity contribution is 7.09. The van der Waals surface area contributed by atoms with Crippen LogP contribution in [-0.2, 0) is 15.1 Å². The van der Waals surface area contributed by atoms with Gasteiger partial charge in [-0.3, -0.25) is 4.79 Å². The highest BCUT2D eigenvalue weighted by Gasteiger charge is 2.39. The van der Waals surface area contributed by atoms with E-state index in [0.29, 0.717) is 6.61 Å². The van der Waals surface area contributed by atoms with E-state index in [1.54, 1.807) is 6.20 Å². The Morgan fingerprint density at radius 1 is 1.48 bits per heavy atom. The van der Waals surface area contributed by atoms with E-state index in [2.05, 4.69) is 11.9 Å². The van der Waals surface area contributed by atoms with Crippen LogP contribution < -0.4 is 0 Å². The Kier molecular flexibility index (Phi) is 5.76. The molecule has 1 aromatic rings. The van der Waals surface area contributed by atoms with Gasteiger partial charge in [-0.25, -0.2) is 4.98 Å². The third-order valence-corrected chi connectivity index (χ3v) is 5.46. The zero-order valence-electron chi connectivity index (χ0n) is 12.9. The number of thiazole rings is 1. The lowest BCUT2D eigenvalue weighted by atomic mass is 9.74. The van der Waals surface area contributed by atoms with Crippen molar-refractivity contribution in [3.63, 3.8) is 0 Å². The Morgan fingerprint density at radius 3 is 2.76 bits per heavy atom. The quantitative estimate of drug-likeness (QED) is 0.645. The first-order valence-electron chi connectivity index (χ1n) is 7.84. The lowest BCUT2D eigenvalue weighted by Gasteiger charge is -2.36. The summed E-state index contributed by atoms with van der Waals surface area (Å²) in [5.74, 6) is 0.115. The molecule has 1 fully saturated rings. The molecule has 2 rings (SSSR count). The summed E-state index contributed by atoms with van der Waals surface area (Å²) in [6, 6.07) is 0. The van der Waals surface area contributed by atoms with Gasteiger partial charge in [0.15, 0.2) is 0 Å². The van der Waals surface area contributed by atoms with Gasteiger partial charge in [-0.05, 0) is 44.9 Å². The summed E-state index contributed by atoms with van der Waals surface area (Å²) in [4.78, 5) is 16.2. The van der Waals surface area contributed by atoms with E-state index in [-0.39, 0.29) is 17.8 Å². The third-order valence-electron chi connectivity index (χ3n) is 4.46. The number of hydrogen-bond donors (Lipinski definition) is 1. The molecule has 1 aliphatic carbocycles. The van der Waals surface area contributed by atoms with E-state index in [4.69, 9.17) is 4.74 Å². The molecular formula is C16H25NO3S. The van der Waals surface area contributed by atoms with E-state index in [0.717, 1.165) is 43.5 Å². The summed E-state index contributed by atoms with van der Waals surface area (Å²) in [5.41, 5.74) is -0.884. The molecule has 1 aliphatic rings. The number of hydrogen-bond acceptors (Lipinski definition) is 5. The first kappa shape index (κ1) is 16.4. The second kappa shape index (κ2) is 7.36. The lowest BCUT2D eigenvalue weighted by molar-refractivity contribution is -0.151. The summed E-state index contributed by atoms with van der Waals surface area (Å²) in [6.07, 6.45) is 7.00. The average Bonchev–Trinajstić information content (AvgIpc) is 3.02. The van der Waals surface area contributed by atoms with Crippen molar-refractivity contribution in [2.75, 3.05) is 6.61 Å². The van der Waals surface area contributed by atoms with Crippen LogP contribution in [-0.4, -0.2) is 22.7 Å². The molecule has 5 heteroatoms. The molecule has 1 atom stereocenters. The summed E-state index contributed by atoms with van der Waals surface area (Å²) in [7, 11) is 0. The number of aliphatic hydroxyl groups is 1. The van der Waals surface area contributed by atoms with Crippen molar-refractivity contribution in [3.05, 3.63) is 16.6 Å². The van der Waals surface area contributed by atoms with Crippen LogP contribution in [0.25, 0.3) is 0 Å². The SMILES string of the molecule is CCCCOC(=O)C1CCC([C@](C)(O)c2nccs2)CC1. The normalized spacial score (nSPS) is 25.3. The highest BCUT2D eigenvalue weighted by Crippen LogP contribution is 2.41. The number of rotatable bonds is 6. The smallest absolute Gasteiger partial charge is 0.308 e. The molecule has 0 aliphatic heterocycles. The molecule has 21 heavy (non-hydrogen) atoms. The maximum absolute atomic E-state index is 12.0. The number of aromatic nitrogens is 1. The van der Waals surface area contributed by atoms with Gasteiger partial charge in [-0.15, -0.1) is 11.3 Å². The third kappa shape index (κ3) is 4.04. The first-order valence-corrected chi connectivity index (χ1v) is 8.72. The second-order valence-corrected chi connectivity index (χ2v) is 6.95. The highest BCUT2D eigenvalue weighted by atomic mass is 32.1. The Hall–Kier alpha value is -0.940. The topological polar surface area (TPSA) is 59.4 Å². The van der Waals surface area contributed by atoms with Gasteiger partial charge in [0.1, 0.15) is 10.6 Å². The lowest BCUT2D eigenvalue weighted by Crippen LogP contribution is -2.36. The number of carbonyl (C=O) groups is 1. The molecule has 118 valence electrons. The monoisotopic (exact) mass is 311 g/mol. The fourth-order valence-electron chi connectivity index (χ4n) is 2.97. The number of carbonyl (C=O) groups excluding carboxylic acids is 1. The largest absolute Gasteiger partial charge is 0.465 e. The van der Waals surface area contributed by atoms with Crippen molar-refractivity contribution in [2.45, 2.75) is 58.0 Å². The Balaban J connectivity index is 1.84. The maximum atomic E-state index is 12.0. The zero-order chi connectivity index (χ0) is 15.3. The van der Waals surface area contributed by atoms with Crippen LogP contribution in [0.4, 0.5) is 0 Å². The van der Waals surface area contributed by atoms with Gasteiger partial charge in [0.2, 0.25) is 0 Å². The van der Waals surface area contributed by atoms with E-state index < -0.39 is 5.60 Å². The van der Waals surface area contributed by atoms with Crippen molar-refractivity contribution in [1.82, 2.24) is 4.98 Å². The van der Waals surface area contributed by atoms with Gasteiger partial charge in [-0.1, -0.05) is 13.3 Å². The number of nitrogens with zero attached hydrogens (tertiary/aromatic N) is 1. The van der Waals surface area contributed by atoms with Gasteiger partial charge < -0.3 is 9.84 Å². The Labute approximate surface area is 130 Å². The molecule has 0 amide bonds. The van der Waals surface area contributed by atoms with Crippen molar-refractivity contribution in [3.8, 4) is 0 Å². The summed E-state index contributed by atoms with van der Waals surface area (Å²) < 4.78 is 5.30. The zero-order valence-corrected chi connectivity index (χ0v) is 13.7. The van der Waals surface area contributed by atoms with Gasteiger partial charge in [0.05, 0.1) is 12.5 Å². The van der Waals surface area contributed by atoms with Crippen molar-refractivity contribution in [1.29, 1.82) is 0 Å². The van der Waals surface area contributed by atoms with E-state index in [1.165, 1.54) is 11.3 Å². The molecule has 0 spiro atoms. The molecule has 0 unspecified atom stereocenters. The van der Waals surface area contributed by atoms with Crippen molar-refractivity contribution >= 4 is 17.3 Å². The first-order chi connectivity index (χ1) is 10.1. The van der Waals surface area contributed by atoms with Gasteiger partial charge >= 0.3 is 5.97 Å². The average molecular weight is 311 g/mol. The Bertz CT molecular complexity index is 436. The van der Waals surface area contributed by atoms with Gasteiger partial charge in [-0.2, -0.15) is 0 Å². The summed E-state index contributed by atoms with van der Waals surface area (Å²) in [5, 5.41) is 13.4. The number of unbranched alkanes of at least 4 members (excludes halogenated alkanes) is 1. The van der Waals surface area contributed by atoms with Crippen LogP contribution in [0, 0.1) is 11.8 Å². The molecule has 0 aromatic carbocycles. The predicted molar refractivity (Wildman–Crippen MR) is 83.0 cm³/mol. The van der Waals surface area contributed by atoms with Gasteiger partial charge in [0.25, 0.3) is 0 Å². The predicted octanol–water partition coefficient (Wildman–Crippen LogP) is 3.50.